The van der Waals surface area contributed by atoms with Gasteiger partial charge in [-0.2, -0.15) is 5.26 Å². The molecule has 7 nitrogen and oxygen atoms in total. The number of benzene rings is 2. The first-order chi connectivity index (χ1) is 13.2. The minimum Gasteiger partial charge on any atom is -0.456 e. The van der Waals surface area contributed by atoms with E-state index >= 15 is 0 Å². The molecule has 0 radical (unpaired) electrons. The number of nitriles is 1. The van der Waals surface area contributed by atoms with E-state index in [0.717, 1.165) is 5.56 Å². The molecule has 0 spiro atoms. The number of anilines is 1. The number of carbonyl (C=O) groups excluding carboxylic acids is 2. The van der Waals surface area contributed by atoms with E-state index in [2.05, 4.69) is 5.32 Å². The van der Waals surface area contributed by atoms with Crippen molar-refractivity contribution < 1.29 is 22.7 Å². The van der Waals surface area contributed by atoms with Crippen LogP contribution in [0.4, 0.5) is 5.69 Å². The molecule has 0 saturated carbocycles. The van der Waals surface area contributed by atoms with E-state index in [1.54, 1.807) is 12.1 Å². The number of esters is 1. The molecule has 146 valence electrons. The summed E-state index contributed by atoms with van der Waals surface area (Å²) in [7, 11) is -3.61. The van der Waals surface area contributed by atoms with E-state index in [0.29, 0.717) is 5.69 Å². The van der Waals surface area contributed by atoms with E-state index in [1.165, 1.54) is 30.3 Å². The third-order valence-corrected chi connectivity index (χ3v) is 5.74. The topological polar surface area (TPSA) is 113 Å². The highest BCUT2D eigenvalue weighted by Crippen LogP contribution is 2.20. The summed E-state index contributed by atoms with van der Waals surface area (Å²) >= 11 is 5.87. The summed E-state index contributed by atoms with van der Waals surface area (Å²) < 4.78 is 29.2. The van der Waals surface area contributed by atoms with E-state index in [1.807, 2.05) is 13.0 Å². The molecule has 0 unspecified atom stereocenters. The number of nitrogens with zero attached hydrogens (tertiary/aromatic N) is 1. The Kier molecular flexibility index (Phi) is 7.15. The smallest absolute Gasteiger partial charge is 0.307 e. The molecular formula is C19H17ClN2O5S. The Labute approximate surface area is 167 Å². The van der Waals surface area contributed by atoms with Gasteiger partial charge in [-0.3, -0.25) is 9.59 Å². The number of amides is 1. The number of sulfone groups is 1. The van der Waals surface area contributed by atoms with Crippen LogP contribution in [0, 0.1) is 18.3 Å². The molecule has 28 heavy (non-hydrogen) atoms. The Balaban J connectivity index is 1.82. The standard InChI is InChI=1S/C19H17ClN2O5S/c1-13-2-6-16(7-3-13)28(25,26)9-8-19(24)27-12-18(23)22-15-5-4-14(11-21)17(20)10-15/h2-7,10H,8-9,12H2,1H3,(H,22,23). The van der Waals surface area contributed by atoms with Crippen LogP contribution in [0.15, 0.2) is 47.4 Å². The quantitative estimate of drug-likeness (QED) is 0.689. The molecule has 0 atom stereocenters. The second-order valence-corrected chi connectivity index (χ2v) is 8.41. The first-order valence-corrected chi connectivity index (χ1v) is 10.2. The van der Waals surface area contributed by atoms with Crippen LogP contribution >= 0.6 is 11.6 Å². The Morgan fingerprint density at radius 1 is 1.18 bits per heavy atom. The molecule has 0 aliphatic heterocycles. The summed E-state index contributed by atoms with van der Waals surface area (Å²) in [6, 6.07) is 12.5. The van der Waals surface area contributed by atoms with Gasteiger partial charge in [0.25, 0.3) is 5.91 Å². The molecule has 1 N–H and O–H groups in total. The molecule has 0 bridgehead atoms. The summed E-state index contributed by atoms with van der Waals surface area (Å²) in [6.45, 7) is 1.27. The number of carbonyl (C=O) groups is 2. The lowest BCUT2D eigenvalue weighted by Gasteiger charge is -2.08. The maximum Gasteiger partial charge on any atom is 0.307 e. The Morgan fingerprint density at radius 3 is 2.46 bits per heavy atom. The first kappa shape index (κ1) is 21.4. The van der Waals surface area contributed by atoms with Gasteiger partial charge in [-0.15, -0.1) is 0 Å². The number of nitrogens with one attached hydrogen (secondary N) is 1. The molecule has 0 aliphatic carbocycles. The van der Waals surface area contributed by atoms with E-state index in [4.69, 9.17) is 21.6 Å². The van der Waals surface area contributed by atoms with Crippen molar-refractivity contribution in [2.45, 2.75) is 18.2 Å². The van der Waals surface area contributed by atoms with Gasteiger partial charge in [0.15, 0.2) is 16.4 Å². The summed E-state index contributed by atoms with van der Waals surface area (Å²) in [5.74, 6) is -1.83. The monoisotopic (exact) mass is 420 g/mol. The number of hydrogen-bond donors (Lipinski definition) is 1. The van der Waals surface area contributed by atoms with Gasteiger partial charge in [0.1, 0.15) is 6.07 Å². The van der Waals surface area contributed by atoms with Gasteiger partial charge in [-0.25, -0.2) is 8.42 Å². The molecule has 0 saturated heterocycles. The van der Waals surface area contributed by atoms with Gasteiger partial charge in [-0.1, -0.05) is 29.3 Å². The van der Waals surface area contributed by atoms with Crippen molar-refractivity contribution in [3.8, 4) is 6.07 Å². The highest BCUT2D eigenvalue weighted by Gasteiger charge is 2.17. The highest BCUT2D eigenvalue weighted by atomic mass is 35.5. The number of aryl methyl sites for hydroxylation is 1. The van der Waals surface area contributed by atoms with Crippen molar-refractivity contribution in [3.63, 3.8) is 0 Å². The van der Waals surface area contributed by atoms with Gasteiger partial charge in [-0.05, 0) is 37.3 Å². The number of hydrogen-bond acceptors (Lipinski definition) is 6. The van der Waals surface area contributed by atoms with Crippen LogP contribution in [0.2, 0.25) is 5.02 Å². The van der Waals surface area contributed by atoms with Crippen LogP contribution in [0.25, 0.3) is 0 Å². The second-order valence-electron chi connectivity index (χ2n) is 5.90. The van der Waals surface area contributed by atoms with E-state index < -0.39 is 34.1 Å². The van der Waals surface area contributed by atoms with E-state index in [9.17, 15) is 18.0 Å². The molecule has 1 amide bonds. The van der Waals surface area contributed by atoms with Gasteiger partial charge >= 0.3 is 5.97 Å². The fourth-order valence-electron chi connectivity index (χ4n) is 2.18. The van der Waals surface area contributed by atoms with Crippen LogP contribution in [-0.2, 0) is 24.2 Å². The zero-order valence-corrected chi connectivity index (χ0v) is 16.5. The molecule has 0 fully saturated rings. The predicted molar refractivity (Wildman–Crippen MR) is 104 cm³/mol. The van der Waals surface area contributed by atoms with Crippen molar-refractivity contribution in [1.29, 1.82) is 5.26 Å². The molecule has 2 aromatic rings. The van der Waals surface area contributed by atoms with Crippen LogP contribution in [-0.4, -0.2) is 32.7 Å². The summed E-state index contributed by atoms with van der Waals surface area (Å²) in [6.07, 6.45) is -0.369. The lowest BCUT2D eigenvalue weighted by atomic mass is 10.2. The largest absolute Gasteiger partial charge is 0.456 e. The number of halogens is 1. The fraction of sp³-hybridized carbons (Fsp3) is 0.211. The fourth-order valence-corrected chi connectivity index (χ4v) is 3.62. The number of rotatable bonds is 7. The predicted octanol–water partition coefficient (Wildman–Crippen LogP) is 2.87. The van der Waals surface area contributed by atoms with Gasteiger partial charge in [0.2, 0.25) is 0 Å². The summed E-state index contributed by atoms with van der Waals surface area (Å²) in [5.41, 5.74) is 1.53. The van der Waals surface area contributed by atoms with Crippen LogP contribution in [0.5, 0.6) is 0 Å². The first-order valence-electron chi connectivity index (χ1n) is 8.16. The third-order valence-electron chi connectivity index (χ3n) is 3.69. The Hall–Kier alpha value is -2.89. The summed E-state index contributed by atoms with van der Waals surface area (Å²) in [4.78, 5) is 23.7. The minimum atomic E-state index is -3.61. The normalized spacial score (nSPS) is 10.8. The van der Waals surface area contributed by atoms with Gasteiger partial charge < -0.3 is 10.1 Å². The molecule has 2 aromatic carbocycles. The van der Waals surface area contributed by atoms with Crippen molar-refractivity contribution >= 4 is 39.0 Å². The third kappa shape index (κ3) is 6.08. The maximum absolute atomic E-state index is 12.2. The van der Waals surface area contributed by atoms with Crippen LogP contribution < -0.4 is 5.32 Å². The van der Waals surface area contributed by atoms with Crippen molar-refractivity contribution in [1.82, 2.24) is 0 Å². The molecule has 0 heterocycles. The number of ether oxygens (including phenoxy) is 1. The Morgan fingerprint density at radius 2 is 1.86 bits per heavy atom. The average Bonchev–Trinajstić information content (AvgIpc) is 2.65. The van der Waals surface area contributed by atoms with Crippen LogP contribution in [0.1, 0.15) is 17.5 Å². The Bertz CT molecular complexity index is 1030. The average molecular weight is 421 g/mol. The molecule has 0 aromatic heterocycles. The minimum absolute atomic E-state index is 0.126. The lowest BCUT2D eigenvalue weighted by Crippen LogP contribution is -2.22. The lowest BCUT2D eigenvalue weighted by molar-refractivity contribution is -0.146. The van der Waals surface area contributed by atoms with Crippen molar-refractivity contribution in [2.24, 2.45) is 0 Å². The maximum atomic E-state index is 12.2. The van der Waals surface area contributed by atoms with Crippen molar-refractivity contribution in [2.75, 3.05) is 17.7 Å². The SMILES string of the molecule is Cc1ccc(S(=O)(=O)CCC(=O)OCC(=O)Nc2ccc(C#N)c(Cl)c2)cc1. The zero-order valence-electron chi connectivity index (χ0n) is 14.9. The summed E-state index contributed by atoms with van der Waals surface area (Å²) in [5, 5.41) is 11.5. The second kappa shape index (κ2) is 9.35. The molecular weight excluding hydrogens is 404 g/mol. The van der Waals surface area contributed by atoms with Crippen molar-refractivity contribution in [3.05, 3.63) is 58.6 Å². The zero-order chi connectivity index (χ0) is 20.7. The molecule has 2 rings (SSSR count). The van der Waals surface area contributed by atoms with E-state index in [-0.39, 0.29) is 21.9 Å². The highest BCUT2D eigenvalue weighted by molar-refractivity contribution is 7.91. The van der Waals surface area contributed by atoms with Crippen LogP contribution in [0.3, 0.4) is 0 Å². The van der Waals surface area contributed by atoms with Gasteiger partial charge in [0, 0.05) is 5.69 Å². The molecule has 9 heteroatoms. The molecule has 0 aliphatic rings. The van der Waals surface area contributed by atoms with Gasteiger partial charge in [0.05, 0.1) is 27.7 Å².